The summed E-state index contributed by atoms with van der Waals surface area (Å²) in [5.74, 6) is -1.62. The number of thioether (sulfide) groups is 1. The normalized spacial score (nSPS) is 29.0. The Labute approximate surface area is 151 Å². The largest absolute Gasteiger partial charge is 0.349 e. The minimum Gasteiger partial charge on any atom is -0.349 e. The van der Waals surface area contributed by atoms with E-state index in [1.807, 2.05) is 0 Å². The molecule has 3 N–H and O–H groups in total. The maximum absolute atomic E-state index is 12.5. The molecule has 0 radical (unpaired) electrons. The summed E-state index contributed by atoms with van der Waals surface area (Å²) in [4.78, 5) is 12.9. The molecule has 2 fully saturated rings. The zero-order valence-corrected chi connectivity index (χ0v) is 14.9. The standard InChI is InChI=1S/C17H22F2N2OS.ClH/c18-17(19)23-14-6-4-10(5-7-14)16(22)21-15-11-2-1-3-12(15)9-13(20)8-11;/h4-7,11-13,15,17H,1-3,8-9,20H2,(H,21,22);1H. The minimum atomic E-state index is -2.44. The van der Waals surface area contributed by atoms with Crippen molar-refractivity contribution < 1.29 is 13.6 Å². The van der Waals surface area contributed by atoms with E-state index >= 15 is 0 Å². The van der Waals surface area contributed by atoms with Crippen molar-refractivity contribution >= 4 is 30.1 Å². The summed E-state index contributed by atoms with van der Waals surface area (Å²) in [6.07, 6.45) is 5.42. The monoisotopic (exact) mass is 376 g/mol. The van der Waals surface area contributed by atoms with Crippen LogP contribution in [0.15, 0.2) is 29.2 Å². The lowest BCUT2D eigenvalue weighted by Gasteiger charge is -2.45. The molecule has 3 rings (SSSR count). The molecule has 0 saturated heterocycles. The SMILES string of the molecule is Cl.NC1CC2CCCC(C1)C2NC(=O)c1ccc(SC(F)F)cc1. The summed E-state index contributed by atoms with van der Waals surface area (Å²) in [5.41, 5.74) is 6.63. The highest BCUT2D eigenvalue weighted by molar-refractivity contribution is 7.99. The van der Waals surface area contributed by atoms with Gasteiger partial charge in [-0.05, 0) is 61.8 Å². The number of nitrogens with two attached hydrogens (primary N) is 1. The van der Waals surface area contributed by atoms with Crippen molar-refractivity contribution in [3.05, 3.63) is 29.8 Å². The van der Waals surface area contributed by atoms with E-state index in [1.54, 1.807) is 24.3 Å². The Morgan fingerprint density at radius 2 is 1.75 bits per heavy atom. The highest BCUT2D eigenvalue weighted by Crippen LogP contribution is 2.39. The maximum atomic E-state index is 12.5. The molecule has 0 heterocycles. The van der Waals surface area contributed by atoms with Crippen LogP contribution in [-0.2, 0) is 0 Å². The van der Waals surface area contributed by atoms with Crippen molar-refractivity contribution in [1.82, 2.24) is 5.32 Å². The highest BCUT2D eigenvalue weighted by Gasteiger charge is 2.39. The number of fused-ring (bicyclic) bond motifs is 2. The number of amides is 1. The average molecular weight is 377 g/mol. The predicted molar refractivity (Wildman–Crippen MR) is 94.8 cm³/mol. The molecule has 3 nitrogen and oxygen atoms in total. The van der Waals surface area contributed by atoms with Crippen LogP contribution in [0.1, 0.15) is 42.5 Å². The summed E-state index contributed by atoms with van der Waals surface area (Å²) in [5, 5.41) is 3.17. The number of carbonyl (C=O) groups excluding carboxylic acids is 1. The Morgan fingerprint density at radius 3 is 2.29 bits per heavy atom. The van der Waals surface area contributed by atoms with E-state index in [4.69, 9.17) is 5.73 Å². The van der Waals surface area contributed by atoms with Crippen LogP contribution in [0.5, 0.6) is 0 Å². The molecule has 2 unspecified atom stereocenters. The Morgan fingerprint density at radius 1 is 1.17 bits per heavy atom. The first kappa shape index (κ1) is 19.5. The molecule has 1 aromatic rings. The summed E-state index contributed by atoms with van der Waals surface area (Å²) in [7, 11) is 0. The van der Waals surface area contributed by atoms with Crippen LogP contribution in [-0.4, -0.2) is 23.7 Å². The van der Waals surface area contributed by atoms with E-state index in [-0.39, 0.29) is 30.4 Å². The van der Waals surface area contributed by atoms with Gasteiger partial charge in [-0.2, -0.15) is 8.78 Å². The third kappa shape index (κ3) is 4.61. The van der Waals surface area contributed by atoms with E-state index in [2.05, 4.69) is 5.32 Å². The Balaban J connectivity index is 0.00000208. The molecule has 0 spiro atoms. The van der Waals surface area contributed by atoms with Gasteiger partial charge in [-0.15, -0.1) is 12.4 Å². The number of nitrogens with one attached hydrogen (secondary N) is 1. The molecule has 134 valence electrons. The van der Waals surface area contributed by atoms with E-state index in [0.29, 0.717) is 34.1 Å². The number of hydrogen-bond acceptors (Lipinski definition) is 3. The zero-order chi connectivity index (χ0) is 16.4. The molecule has 0 aromatic heterocycles. The summed E-state index contributed by atoms with van der Waals surface area (Å²) >= 11 is 0.489. The first-order chi connectivity index (χ1) is 11.0. The second-order valence-electron chi connectivity index (χ2n) is 6.58. The fourth-order valence-corrected chi connectivity index (χ4v) is 4.55. The maximum Gasteiger partial charge on any atom is 0.288 e. The Hall–Kier alpha value is -0.850. The van der Waals surface area contributed by atoms with E-state index < -0.39 is 5.76 Å². The van der Waals surface area contributed by atoms with Crippen LogP contribution in [0, 0.1) is 11.8 Å². The number of alkyl halides is 2. The quantitative estimate of drug-likeness (QED) is 0.779. The van der Waals surface area contributed by atoms with Crippen molar-refractivity contribution in [2.45, 2.75) is 54.8 Å². The summed E-state index contributed by atoms with van der Waals surface area (Å²) in [6.45, 7) is 0. The van der Waals surface area contributed by atoms with Gasteiger partial charge in [0.25, 0.3) is 11.7 Å². The van der Waals surface area contributed by atoms with Gasteiger partial charge in [-0.3, -0.25) is 4.79 Å². The topological polar surface area (TPSA) is 55.1 Å². The van der Waals surface area contributed by atoms with E-state index in [0.717, 1.165) is 25.7 Å². The molecule has 24 heavy (non-hydrogen) atoms. The summed E-state index contributed by atoms with van der Waals surface area (Å²) in [6, 6.07) is 6.83. The second-order valence-corrected chi connectivity index (χ2v) is 7.65. The van der Waals surface area contributed by atoms with Crippen LogP contribution >= 0.6 is 24.2 Å². The van der Waals surface area contributed by atoms with Crippen LogP contribution < -0.4 is 11.1 Å². The lowest BCUT2D eigenvalue weighted by atomic mass is 9.67. The molecular weight excluding hydrogens is 354 g/mol. The lowest BCUT2D eigenvalue weighted by molar-refractivity contribution is 0.0756. The van der Waals surface area contributed by atoms with Crippen LogP contribution in [0.25, 0.3) is 0 Å². The minimum absolute atomic E-state index is 0. The molecule has 2 atom stereocenters. The molecule has 1 amide bonds. The Bertz CT molecular complexity index is 544. The third-order valence-electron chi connectivity index (χ3n) is 5.02. The van der Waals surface area contributed by atoms with Gasteiger partial charge in [0.1, 0.15) is 0 Å². The van der Waals surface area contributed by atoms with E-state index in [1.165, 1.54) is 6.42 Å². The molecule has 0 aliphatic heterocycles. The fourth-order valence-electron chi connectivity index (χ4n) is 4.05. The number of benzene rings is 1. The molecule has 1 aromatic carbocycles. The summed E-state index contributed by atoms with van der Waals surface area (Å²) < 4.78 is 24.7. The average Bonchev–Trinajstić information content (AvgIpc) is 2.48. The van der Waals surface area contributed by atoms with Gasteiger partial charge in [-0.1, -0.05) is 18.2 Å². The second kappa shape index (κ2) is 8.50. The van der Waals surface area contributed by atoms with Crippen molar-refractivity contribution in [2.75, 3.05) is 0 Å². The van der Waals surface area contributed by atoms with Crippen molar-refractivity contribution in [1.29, 1.82) is 0 Å². The van der Waals surface area contributed by atoms with Gasteiger partial charge >= 0.3 is 0 Å². The molecule has 2 aliphatic rings. The first-order valence-electron chi connectivity index (χ1n) is 8.14. The molecule has 2 saturated carbocycles. The van der Waals surface area contributed by atoms with Gasteiger partial charge in [0.2, 0.25) is 0 Å². The first-order valence-corrected chi connectivity index (χ1v) is 9.02. The fraction of sp³-hybridized carbons (Fsp3) is 0.588. The Kier molecular flexibility index (Phi) is 6.89. The van der Waals surface area contributed by atoms with Crippen molar-refractivity contribution in [3.63, 3.8) is 0 Å². The van der Waals surface area contributed by atoms with Gasteiger partial charge in [0, 0.05) is 22.5 Å². The van der Waals surface area contributed by atoms with Gasteiger partial charge in [0.05, 0.1) is 0 Å². The van der Waals surface area contributed by atoms with Crippen LogP contribution in [0.4, 0.5) is 8.78 Å². The van der Waals surface area contributed by atoms with Crippen LogP contribution in [0.3, 0.4) is 0 Å². The van der Waals surface area contributed by atoms with E-state index in [9.17, 15) is 13.6 Å². The molecule has 7 heteroatoms. The van der Waals surface area contributed by atoms with Crippen molar-refractivity contribution in [3.8, 4) is 0 Å². The number of halogens is 3. The number of carbonyl (C=O) groups is 1. The lowest BCUT2D eigenvalue weighted by Crippen LogP contribution is -2.53. The molecule has 2 aliphatic carbocycles. The highest BCUT2D eigenvalue weighted by atomic mass is 35.5. The smallest absolute Gasteiger partial charge is 0.288 e. The molecular formula is C17H23ClF2N2OS. The third-order valence-corrected chi connectivity index (χ3v) is 5.74. The zero-order valence-electron chi connectivity index (χ0n) is 13.3. The van der Waals surface area contributed by atoms with Gasteiger partial charge in [0.15, 0.2) is 0 Å². The number of hydrogen-bond donors (Lipinski definition) is 2. The predicted octanol–water partition coefficient (Wildman–Crippen LogP) is 4.06. The van der Waals surface area contributed by atoms with Gasteiger partial charge < -0.3 is 11.1 Å². The van der Waals surface area contributed by atoms with Crippen LogP contribution in [0.2, 0.25) is 0 Å². The van der Waals surface area contributed by atoms with Crippen molar-refractivity contribution in [2.24, 2.45) is 17.6 Å². The number of rotatable bonds is 4. The molecule has 2 bridgehead atoms. The van der Waals surface area contributed by atoms with Gasteiger partial charge in [-0.25, -0.2) is 0 Å².